The zero-order valence-electron chi connectivity index (χ0n) is 12.3. The average Bonchev–Trinajstić information content (AvgIpc) is 2.45. The van der Waals surface area contributed by atoms with Gasteiger partial charge in [0, 0.05) is 32.7 Å². The molecule has 0 heterocycles. The third-order valence-corrected chi connectivity index (χ3v) is 3.02. The highest BCUT2D eigenvalue weighted by molar-refractivity contribution is 5.94. The quantitative estimate of drug-likeness (QED) is 0.762. The zero-order valence-corrected chi connectivity index (χ0v) is 12.3. The Kier molecular flexibility index (Phi) is 5.71. The van der Waals surface area contributed by atoms with E-state index in [1.54, 1.807) is 26.1 Å². The summed E-state index contributed by atoms with van der Waals surface area (Å²) in [5, 5.41) is 14.1. The van der Waals surface area contributed by atoms with Crippen molar-refractivity contribution in [3.05, 3.63) is 29.3 Å². The second-order valence-corrected chi connectivity index (χ2v) is 4.61. The maximum atomic E-state index is 11.9. The molecule has 0 saturated heterocycles. The summed E-state index contributed by atoms with van der Waals surface area (Å²) < 4.78 is 0. The first-order valence-electron chi connectivity index (χ1n) is 6.41. The van der Waals surface area contributed by atoms with Crippen molar-refractivity contribution in [2.45, 2.75) is 13.3 Å². The van der Waals surface area contributed by atoms with Gasteiger partial charge in [-0.05, 0) is 24.6 Å². The highest BCUT2D eigenvalue weighted by Crippen LogP contribution is 2.15. The first kappa shape index (κ1) is 16.5. The minimum absolute atomic E-state index is 0.140. The number of rotatable bonds is 5. The first-order chi connectivity index (χ1) is 9.85. The van der Waals surface area contributed by atoms with Crippen molar-refractivity contribution in [3.8, 4) is 0 Å². The lowest BCUT2D eigenvalue weighted by Gasteiger charge is -2.18. The van der Waals surface area contributed by atoms with Gasteiger partial charge in [-0.25, -0.2) is 9.59 Å². The van der Waals surface area contributed by atoms with Gasteiger partial charge in [0.05, 0.1) is 5.56 Å². The molecule has 7 nitrogen and oxygen atoms in total. The van der Waals surface area contributed by atoms with Crippen molar-refractivity contribution >= 4 is 23.6 Å². The minimum Gasteiger partial charge on any atom is -0.478 e. The van der Waals surface area contributed by atoms with E-state index in [1.165, 1.54) is 18.0 Å². The van der Waals surface area contributed by atoms with Crippen LogP contribution in [0.4, 0.5) is 10.5 Å². The lowest BCUT2D eigenvalue weighted by molar-refractivity contribution is -0.120. The van der Waals surface area contributed by atoms with E-state index in [-0.39, 0.29) is 24.4 Å². The molecule has 0 fully saturated rings. The highest BCUT2D eigenvalue weighted by atomic mass is 16.4. The van der Waals surface area contributed by atoms with Gasteiger partial charge in [-0.1, -0.05) is 6.07 Å². The number of anilines is 1. The van der Waals surface area contributed by atoms with Gasteiger partial charge in [0.15, 0.2) is 0 Å². The molecule has 0 unspecified atom stereocenters. The predicted molar refractivity (Wildman–Crippen MR) is 78.5 cm³/mol. The number of hydrogen-bond acceptors (Lipinski definition) is 3. The van der Waals surface area contributed by atoms with Gasteiger partial charge < -0.3 is 20.6 Å². The summed E-state index contributed by atoms with van der Waals surface area (Å²) in [6.07, 6.45) is 0.203. The SMILES string of the molecule is CNC(=O)CCN(C)C(=O)Nc1ccc(C)c(C(=O)O)c1. The zero-order chi connectivity index (χ0) is 16.0. The lowest BCUT2D eigenvalue weighted by atomic mass is 10.1. The van der Waals surface area contributed by atoms with E-state index in [1.807, 2.05) is 0 Å². The Morgan fingerprint density at radius 1 is 1.29 bits per heavy atom. The number of nitrogens with zero attached hydrogens (tertiary/aromatic N) is 1. The fraction of sp³-hybridized carbons (Fsp3) is 0.357. The maximum absolute atomic E-state index is 11.9. The number of urea groups is 1. The number of benzene rings is 1. The Labute approximate surface area is 122 Å². The van der Waals surface area contributed by atoms with E-state index in [0.717, 1.165) is 0 Å². The van der Waals surface area contributed by atoms with Crippen LogP contribution in [0.1, 0.15) is 22.3 Å². The number of amides is 3. The number of carbonyl (C=O) groups excluding carboxylic acids is 2. The van der Waals surface area contributed by atoms with Crippen LogP contribution >= 0.6 is 0 Å². The molecule has 0 aliphatic rings. The topological polar surface area (TPSA) is 98.7 Å². The molecule has 0 aliphatic heterocycles. The summed E-state index contributed by atoms with van der Waals surface area (Å²) in [6.45, 7) is 1.95. The summed E-state index contributed by atoms with van der Waals surface area (Å²) in [5.74, 6) is -1.20. The van der Waals surface area contributed by atoms with Gasteiger partial charge in [0.2, 0.25) is 5.91 Å². The van der Waals surface area contributed by atoms with Crippen molar-refractivity contribution < 1.29 is 19.5 Å². The normalized spacial score (nSPS) is 9.86. The smallest absolute Gasteiger partial charge is 0.336 e. The third kappa shape index (κ3) is 4.79. The monoisotopic (exact) mass is 293 g/mol. The lowest BCUT2D eigenvalue weighted by Crippen LogP contribution is -2.34. The van der Waals surface area contributed by atoms with E-state index in [0.29, 0.717) is 11.3 Å². The number of carboxylic acid groups (broad SMARTS) is 1. The minimum atomic E-state index is -1.04. The summed E-state index contributed by atoms with van der Waals surface area (Å²) in [5.41, 5.74) is 1.16. The van der Waals surface area contributed by atoms with Crippen LogP contribution in [0.25, 0.3) is 0 Å². The molecule has 21 heavy (non-hydrogen) atoms. The summed E-state index contributed by atoms with van der Waals surface area (Å²) in [7, 11) is 3.09. The molecule has 0 atom stereocenters. The third-order valence-electron chi connectivity index (χ3n) is 3.02. The first-order valence-corrected chi connectivity index (χ1v) is 6.41. The van der Waals surface area contributed by atoms with Crippen LogP contribution in [0.15, 0.2) is 18.2 Å². The van der Waals surface area contributed by atoms with E-state index >= 15 is 0 Å². The van der Waals surface area contributed by atoms with E-state index in [4.69, 9.17) is 5.11 Å². The molecule has 0 saturated carbocycles. The number of aromatic carboxylic acids is 1. The second kappa shape index (κ2) is 7.28. The number of nitrogens with one attached hydrogen (secondary N) is 2. The fourth-order valence-corrected chi connectivity index (χ4v) is 1.64. The molecule has 0 bridgehead atoms. The van der Waals surface area contributed by atoms with Crippen LogP contribution in [-0.2, 0) is 4.79 Å². The Hall–Kier alpha value is -2.57. The van der Waals surface area contributed by atoms with E-state index in [9.17, 15) is 14.4 Å². The van der Waals surface area contributed by atoms with E-state index in [2.05, 4.69) is 10.6 Å². The summed E-state index contributed by atoms with van der Waals surface area (Å²) in [6, 6.07) is 4.26. The van der Waals surface area contributed by atoms with Crippen LogP contribution in [0.3, 0.4) is 0 Å². The fourth-order valence-electron chi connectivity index (χ4n) is 1.64. The molecule has 114 valence electrons. The molecule has 0 aromatic heterocycles. The van der Waals surface area contributed by atoms with Gasteiger partial charge in [0.25, 0.3) is 0 Å². The molecule has 1 aromatic rings. The number of aryl methyl sites for hydroxylation is 1. The molecular formula is C14H19N3O4. The molecular weight excluding hydrogens is 274 g/mol. The van der Waals surface area contributed by atoms with Crippen LogP contribution in [0, 0.1) is 6.92 Å². The Morgan fingerprint density at radius 2 is 1.95 bits per heavy atom. The molecule has 1 aromatic carbocycles. The Bertz CT molecular complexity index is 557. The van der Waals surface area contributed by atoms with Crippen molar-refractivity contribution in [1.29, 1.82) is 0 Å². The van der Waals surface area contributed by atoms with Gasteiger partial charge in [-0.2, -0.15) is 0 Å². The number of hydrogen-bond donors (Lipinski definition) is 3. The van der Waals surface area contributed by atoms with Crippen molar-refractivity contribution in [3.63, 3.8) is 0 Å². The number of carbonyl (C=O) groups is 3. The highest BCUT2D eigenvalue weighted by Gasteiger charge is 2.12. The van der Waals surface area contributed by atoms with Crippen LogP contribution in [-0.4, -0.2) is 48.6 Å². The van der Waals surface area contributed by atoms with E-state index < -0.39 is 12.0 Å². The van der Waals surface area contributed by atoms with Crippen molar-refractivity contribution in [1.82, 2.24) is 10.2 Å². The van der Waals surface area contributed by atoms with Gasteiger partial charge in [-0.15, -0.1) is 0 Å². The van der Waals surface area contributed by atoms with Crippen LogP contribution in [0.5, 0.6) is 0 Å². The molecule has 0 spiro atoms. The molecule has 3 amide bonds. The van der Waals surface area contributed by atoms with Crippen molar-refractivity contribution in [2.24, 2.45) is 0 Å². The standard InChI is InChI=1S/C14H19N3O4/c1-9-4-5-10(8-11(9)13(19)20)16-14(21)17(3)7-6-12(18)15-2/h4-5,8H,6-7H2,1-3H3,(H,15,18)(H,16,21)(H,19,20). The molecule has 3 N–H and O–H groups in total. The number of carboxylic acids is 1. The van der Waals surface area contributed by atoms with Gasteiger partial charge in [0.1, 0.15) is 0 Å². The Morgan fingerprint density at radius 3 is 2.52 bits per heavy atom. The predicted octanol–water partition coefficient (Wildman–Crippen LogP) is 1.29. The van der Waals surface area contributed by atoms with Gasteiger partial charge in [-0.3, -0.25) is 4.79 Å². The second-order valence-electron chi connectivity index (χ2n) is 4.61. The van der Waals surface area contributed by atoms with Crippen LogP contribution in [0.2, 0.25) is 0 Å². The maximum Gasteiger partial charge on any atom is 0.336 e. The van der Waals surface area contributed by atoms with Crippen LogP contribution < -0.4 is 10.6 Å². The molecule has 7 heteroatoms. The largest absolute Gasteiger partial charge is 0.478 e. The van der Waals surface area contributed by atoms with Crippen molar-refractivity contribution in [2.75, 3.05) is 26.0 Å². The molecule has 1 rings (SSSR count). The Balaban J connectivity index is 2.68. The molecule has 0 aliphatic carbocycles. The summed E-state index contributed by atoms with van der Waals surface area (Å²) in [4.78, 5) is 35.4. The molecule has 0 radical (unpaired) electrons. The summed E-state index contributed by atoms with van der Waals surface area (Å²) >= 11 is 0. The average molecular weight is 293 g/mol. The van der Waals surface area contributed by atoms with Gasteiger partial charge >= 0.3 is 12.0 Å².